The van der Waals surface area contributed by atoms with Crippen LogP contribution in [-0.2, 0) is 24.4 Å². The largest absolute Gasteiger partial charge is 0.497 e. The lowest BCUT2D eigenvalue weighted by Crippen LogP contribution is -2.36. The lowest BCUT2D eigenvalue weighted by Gasteiger charge is -2.27. The smallest absolute Gasteiger partial charge is 0.251 e. The van der Waals surface area contributed by atoms with Crippen molar-refractivity contribution >= 4 is 17.6 Å². The van der Waals surface area contributed by atoms with Gasteiger partial charge in [-0.1, -0.05) is 42.5 Å². The van der Waals surface area contributed by atoms with Crippen LogP contribution in [0.25, 0.3) is 11.3 Å². The second-order valence-corrected chi connectivity index (χ2v) is 8.76. The predicted octanol–water partition coefficient (Wildman–Crippen LogP) is 4.43. The number of nitrogens with one attached hydrogen (secondary N) is 1. The third-order valence-corrected chi connectivity index (χ3v) is 6.43. The molecule has 0 aliphatic carbocycles. The van der Waals surface area contributed by atoms with Crippen LogP contribution in [0.5, 0.6) is 11.5 Å². The lowest BCUT2D eigenvalue weighted by atomic mass is 10.1. The first-order chi connectivity index (χ1) is 18.1. The number of nitrogens with zero attached hydrogens (tertiary/aromatic N) is 3. The van der Waals surface area contributed by atoms with Gasteiger partial charge in [-0.05, 0) is 29.8 Å². The Kier molecular flexibility index (Phi) is 6.89. The second-order valence-electron chi connectivity index (χ2n) is 8.76. The minimum atomic E-state index is -0.191. The van der Waals surface area contributed by atoms with Crippen LogP contribution in [-0.4, -0.2) is 35.8 Å². The summed E-state index contributed by atoms with van der Waals surface area (Å²) in [5.41, 5.74) is 4.17. The monoisotopic (exact) mass is 496 g/mol. The summed E-state index contributed by atoms with van der Waals surface area (Å²) in [4.78, 5) is 27.3. The van der Waals surface area contributed by atoms with Crippen molar-refractivity contribution < 1.29 is 19.1 Å². The highest BCUT2D eigenvalue weighted by Crippen LogP contribution is 2.29. The second kappa shape index (κ2) is 10.6. The Labute approximate surface area is 215 Å². The molecule has 2 heterocycles. The Morgan fingerprint density at radius 1 is 0.973 bits per heavy atom. The molecule has 8 nitrogen and oxygen atoms in total. The van der Waals surface area contributed by atoms with Gasteiger partial charge in [-0.2, -0.15) is 5.10 Å². The highest BCUT2D eigenvalue weighted by Gasteiger charge is 2.26. The van der Waals surface area contributed by atoms with Gasteiger partial charge in [0, 0.05) is 41.8 Å². The van der Waals surface area contributed by atoms with Gasteiger partial charge in [0.25, 0.3) is 5.91 Å². The summed E-state index contributed by atoms with van der Waals surface area (Å²) in [6.45, 7) is 1.29. The molecule has 3 aromatic carbocycles. The van der Waals surface area contributed by atoms with Gasteiger partial charge in [0.15, 0.2) is 0 Å². The van der Waals surface area contributed by atoms with E-state index in [-0.39, 0.29) is 11.8 Å². The molecule has 0 fully saturated rings. The number of ether oxygens (including phenoxy) is 2. The van der Waals surface area contributed by atoms with Gasteiger partial charge in [0.05, 0.1) is 33.0 Å². The van der Waals surface area contributed by atoms with Crippen molar-refractivity contribution in [1.82, 2.24) is 15.1 Å². The van der Waals surface area contributed by atoms with E-state index >= 15 is 0 Å². The first-order valence-electron chi connectivity index (χ1n) is 12.1. The predicted molar refractivity (Wildman–Crippen MR) is 141 cm³/mol. The Hall–Kier alpha value is -4.59. The van der Waals surface area contributed by atoms with Crippen molar-refractivity contribution in [1.29, 1.82) is 0 Å². The molecule has 1 aromatic heterocycles. The number of fused-ring (bicyclic) bond motifs is 1. The van der Waals surface area contributed by atoms with Crippen LogP contribution >= 0.6 is 0 Å². The fraction of sp³-hybridized carbons (Fsp3) is 0.207. The normalized spacial score (nSPS) is 12.7. The number of aromatic nitrogens is 2. The molecule has 0 saturated carbocycles. The van der Waals surface area contributed by atoms with Crippen molar-refractivity contribution in [3.63, 3.8) is 0 Å². The Bertz CT molecular complexity index is 1410. The number of benzene rings is 3. The Morgan fingerprint density at radius 3 is 2.49 bits per heavy atom. The first kappa shape index (κ1) is 24.1. The Balaban J connectivity index is 1.26. The summed E-state index contributed by atoms with van der Waals surface area (Å²) in [6, 6.07) is 24.7. The molecular weight excluding hydrogens is 468 g/mol. The number of methoxy groups -OCH3 is 2. The fourth-order valence-electron chi connectivity index (χ4n) is 4.39. The molecule has 0 saturated heterocycles. The molecule has 8 heteroatoms. The lowest BCUT2D eigenvalue weighted by molar-refractivity contribution is -0.119. The maximum Gasteiger partial charge on any atom is 0.251 e. The number of amides is 2. The van der Waals surface area contributed by atoms with E-state index in [2.05, 4.69) is 5.32 Å². The van der Waals surface area contributed by atoms with Crippen LogP contribution in [0.3, 0.4) is 0 Å². The first-order valence-corrected chi connectivity index (χ1v) is 12.1. The molecule has 37 heavy (non-hydrogen) atoms. The maximum atomic E-state index is 12.8. The van der Waals surface area contributed by atoms with E-state index in [1.807, 2.05) is 65.3 Å². The van der Waals surface area contributed by atoms with Crippen molar-refractivity contribution in [3.05, 3.63) is 95.6 Å². The number of hydrogen-bond donors (Lipinski definition) is 1. The molecule has 4 aromatic rings. The van der Waals surface area contributed by atoms with Gasteiger partial charge in [-0.25, -0.2) is 4.68 Å². The molecule has 5 rings (SSSR count). The van der Waals surface area contributed by atoms with E-state index in [4.69, 9.17) is 14.6 Å². The van der Waals surface area contributed by atoms with Crippen molar-refractivity contribution in [2.75, 3.05) is 19.1 Å². The van der Waals surface area contributed by atoms with E-state index in [1.54, 1.807) is 37.3 Å². The standard InChI is InChI=1S/C29H28N4O4/c1-36-24-13-12-23(26(16-24)37-2)18-30-29(35)22-10-8-20(9-11-22)19-32-27-17-25(21-6-4-3-5-7-21)31-33(27)15-14-28(32)34/h3-13,16-17H,14-15,18-19H2,1-2H3,(H,30,35). The van der Waals surface area contributed by atoms with E-state index in [0.717, 1.165) is 28.2 Å². The summed E-state index contributed by atoms with van der Waals surface area (Å²) >= 11 is 0. The van der Waals surface area contributed by atoms with E-state index < -0.39 is 0 Å². The van der Waals surface area contributed by atoms with E-state index in [0.29, 0.717) is 43.1 Å². The van der Waals surface area contributed by atoms with Crippen LogP contribution in [0.4, 0.5) is 5.82 Å². The fourth-order valence-corrected chi connectivity index (χ4v) is 4.39. The molecule has 1 aliphatic heterocycles. The topological polar surface area (TPSA) is 85.7 Å². The molecular formula is C29H28N4O4. The molecule has 188 valence electrons. The number of carbonyl (C=O) groups excluding carboxylic acids is 2. The maximum absolute atomic E-state index is 12.8. The average molecular weight is 497 g/mol. The van der Waals surface area contributed by atoms with Gasteiger partial charge in [-0.15, -0.1) is 0 Å². The summed E-state index contributed by atoms with van der Waals surface area (Å²) in [6.07, 6.45) is 0.401. The van der Waals surface area contributed by atoms with Crippen molar-refractivity contribution in [3.8, 4) is 22.8 Å². The molecule has 0 spiro atoms. The Morgan fingerprint density at radius 2 is 1.76 bits per heavy atom. The molecule has 0 radical (unpaired) electrons. The molecule has 0 unspecified atom stereocenters. The average Bonchev–Trinajstić information content (AvgIpc) is 3.39. The number of anilines is 1. The van der Waals surface area contributed by atoms with E-state index in [1.165, 1.54) is 0 Å². The highest BCUT2D eigenvalue weighted by molar-refractivity contribution is 5.95. The zero-order valence-electron chi connectivity index (χ0n) is 20.8. The quantitative estimate of drug-likeness (QED) is 0.390. The third-order valence-electron chi connectivity index (χ3n) is 6.43. The van der Waals surface area contributed by atoms with Crippen LogP contribution < -0.4 is 19.7 Å². The highest BCUT2D eigenvalue weighted by atomic mass is 16.5. The van der Waals surface area contributed by atoms with Gasteiger partial charge in [0.1, 0.15) is 17.3 Å². The summed E-state index contributed by atoms with van der Waals surface area (Å²) < 4.78 is 12.5. The van der Waals surface area contributed by atoms with Crippen LogP contribution in [0.1, 0.15) is 27.9 Å². The number of rotatable bonds is 8. The van der Waals surface area contributed by atoms with Crippen molar-refractivity contribution in [2.24, 2.45) is 0 Å². The SMILES string of the molecule is COc1ccc(CNC(=O)c2ccc(CN3C(=O)CCn4nc(-c5ccccc5)cc43)cc2)c(OC)c1. The van der Waals surface area contributed by atoms with Gasteiger partial charge < -0.3 is 14.8 Å². The molecule has 0 bridgehead atoms. The minimum Gasteiger partial charge on any atom is -0.497 e. The van der Waals surface area contributed by atoms with Gasteiger partial charge >= 0.3 is 0 Å². The zero-order chi connectivity index (χ0) is 25.8. The van der Waals surface area contributed by atoms with Crippen LogP contribution in [0.15, 0.2) is 78.9 Å². The molecule has 1 aliphatic rings. The van der Waals surface area contributed by atoms with Crippen molar-refractivity contribution in [2.45, 2.75) is 26.1 Å². The van der Waals surface area contributed by atoms with Gasteiger partial charge in [-0.3, -0.25) is 14.5 Å². The number of aryl methyl sites for hydroxylation is 1. The number of hydrogen-bond acceptors (Lipinski definition) is 5. The summed E-state index contributed by atoms with van der Waals surface area (Å²) in [7, 11) is 3.18. The molecule has 0 atom stereocenters. The van der Waals surface area contributed by atoms with Gasteiger partial charge in [0.2, 0.25) is 5.91 Å². The summed E-state index contributed by atoms with van der Waals surface area (Å²) in [5.74, 6) is 1.99. The zero-order valence-corrected chi connectivity index (χ0v) is 20.8. The van der Waals surface area contributed by atoms with E-state index in [9.17, 15) is 9.59 Å². The summed E-state index contributed by atoms with van der Waals surface area (Å²) in [5, 5.41) is 7.64. The van der Waals surface area contributed by atoms with Crippen LogP contribution in [0, 0.1) is 0 Å². The molecule has 1 N–H and O–H groups in total. The van der Waals surface area contributed by atoms with Crippen LogP contribution in [0.2, 0.25) is 0 Å². The minimum absolute atomic E-state index is 0.0577. The number of carbonyl (C=O) groups is 2. The molecule has 2 amide bonds. The third kappa shape index (κ3) is 5.18.